The molecule has 3 heteroatoms. The molecule has 0 aliphatic carbocycles. The second-order valence-electron chi connectivity index (χ2n) is 15.0. The van der Waals surface area contributed by atoms with E-state index in [9.17, 15) is 0 Å². The van der Waals surface area contributed by atoms with Gasteiger partial charge in [0.15, 0.2) is 0 Å². The fourth-order valence-corrected chi connectivity index (χ4v) is 10.1. The standard InChI is InChI=1S/C55H38N2S/c1-37-16-5-4-14-33-56(43-35-47(55-49(36-43)46-22-11-13-26-53(46)58-55)40-29-27-39(28-30-40)38-17-6-2-7-18-38)52-25-15-23-44(54(37)52)41-31-32-51-48(34-41)45-21-10-12-24-50(45)57(51)42-19-8-3-9-20-42/h2-32,34-36H,1,33H2/b14-4-,16-5-. The average Bonchev–Trinajstić information content (AvgIpc) is 3.85. The van der Waals surface area contributed by atoms with Crippen LogP contribution in [-0.2, 0) is 0 Å². The Labute approximate surface area is 342 Å². The molecule has 58 heavy (non-hydrogen) atoms. The van der Waals surface area contributed by atoms with Crippen LogP contribution in [0.3, 0.4) is 0 Å². The third-order valence-corrected chi connectivity index (χ3v) is 12.8. The molecule has 0 radical (unpaired) electrons. The zero-order chi connectivity index (χ0) is 38.6. The van der Waals surface area contributed by atoms with Gasteiger partial charge in [0.1, 0.15) is 0 Å². The van der Waals surface area contributed by atoms with Crippen LogP contribution >= 0.6 is 11.3 Å². The molecule has 0 fully saturated rings. The Balaban J connectivity index is 1.10. The van der Waals surface area contributed by atoms with Crippen molar-refractivity contribution in [1.29, 1.82) is 0 Å². The van der Waals surface area contributed by atoms with Gasteiger partial charge in [0.2, 0.25) is 0 Å². The molecular weight excluding hydrogens is 721 g/mol. The second kappa shape index (κ2) is 14.1. The summed E-state index contributed by atoms with van der Waals surface area (Å²) in [4.78, 5) is 2.47. The van der Waals surface area contributed by atoms with Crippen LogP contribution in [0.15, 0.2) is 213 Å². The molecule has 0 atom stereocenters. The normalized spacial score (nSPS) is 14.1. The predicted octanol–water partition coefficient (Wildman–Crippen LogP) is 15.4. The quantitative estimate of drug-likeness (QED) is 0.170. The van der Waals surface area contributed by atoms with E-state index in [0.717, 1.165) is 33.8 Å². The number of anilines is 2. The van der Waals surface area contributed by atoms with Gasteiger partial charge in [-0.2, -0.15) is 0 Å². The topological polar surface area (TPSA) is 8.17 Å². The summed E-state index contributed by atoms with van der Waals surface area (Å²) >= 11 is 1.88. The highest BCUT2D eigenvalue weighted by atomic mass is 32.1. The number of fused-ring (bicyclic) bond motifs is 7. The predicted molar refractivity (Wildman–Crippen MR) is 251 cm³/mol. The van der Waals surface area contributed by atoms with Crippen LogP contribution < -0.4 is 4.90 Å². The molecule has 0 bridgehead atoms. The first-order valence-electron chi connectivity index (χ1n) is 19.8. The first kappa shape index (κ1) is 34.1. The van der Waals surface area contributed by atoms with E-state index in [-0.39, 0.29) is 0 Å². The molecule has 274 valence electrons. The van der Waals surface area contributed by atoms with Gasteiger partial charge >= 0.3 is 0 Å². The van der Waals surface area contributed by atoms with Crippen molar-refractivity contribution >= 4 is 70.3 Å². The van der Waals surface area contributed by atoms with Crippen LogP contribution in [0.25, 0.3) is 86.6 Å². The monoisotopic (exact) mass is 758 g/mol. The number of rotatable bonds is 5. The molecule has 0 N–H and O–H groups in total. The summed E-state index contributed by atoms with van der Waals surface area (Å²) in [6, 6.07) is 66.4. The van der Waals surface area contributed by atoms with Crippen LogP contribution in [0.2, 0.25) is 0 Å². The Morgan fingerprint density at radius 1 is 0.466 bits per heavy atom. The number of thiophene rings is 1. The van der Waals surface area contributed by atoms with E-state index in [1.807, 2.05) is 11.3 Å². The summed E-state index contributed by atoms with van der Waals surface area (Å²) < 4.78 is 4.98. The lowest BCUT2D eigenvalue weighted by molar-refractivity contribution is 1.10. The van der Waals surface area contributed by atoms with Crippen LogP contribution in [-0.4, -0.2) is 11.1 Å². The molecule has 0 amide bonds. The lowest BCUT2D eigenvalue weighted by Crippen LogP contribution is -2.18. The van der Waals surface area contributed by atoms with Crippen molar-refractivity contribution in [2.24, 2.45) is 0 Å². The van der Waals surface area contributed by atoms with Crippen LogP contribution in [0.5, 0.6) is 0 Å². The lowest BCUT2D eigenvalue weighted by Gasteiger charge is -2.28. The zero-order valence-electron chi connectivity index (χ0n) is 31.8. The van der Waals surface area contributed by atoms with E-state index >= 15 is 0 Å². The maximum absolute atomic E-state index is 4.70. The highest BCUT2D eigenvalue weighted by Crippen LogP contribution is 2.47. The molecule has 3 heterocycles. The smallest absolute Gasteiger partial charge is 0.0541 e. The van der Waals surface area contributed by atoms with Crippen LogP contribution in [0.4, 0.5) is 11.4 Å². The van der Waals surface area contributed by atoms with Crippen molar-refractivity contribution in [3.8, 4) is 39.1 Å². The van der Waals surface area contributed by atoms with Gasteiger partial charge in [-0.3, -0.25) is 0 Å². The van der Waals surface area contributed by atoms with Crippen LogP contribution in [0.1, 0.15) is 5.56 Å². The van der Waals surface area contributed by atoms with Gasteiger partial charge in [-0.25, -0.2) is 0 Å². The summed E-state index contributed by atoms with van der Waals surface area (Å²) in [6.45, 7) is 5.41. The van der Waals surface area contributed by atoms with Crippen LogP contribution in [0, 0.1) is 0 Å². The number of allylic oxidation sites excluding steroid dienone is 4. The van der Waals surface area contributed by atoms with Gasteiger partial charge in [-0.05, 0) is 88.0 Å². The van der Waals surface area contributed by atoms with Crippen molar-refractivity contribution in [3.63, 3.8) is 0 Å². The largest absolute Gasteiger partial charge is 0.337 e. The Morgan fingerprint density at radius 2 is 1.16 bits per heavy atom. The number of hydrogen-bond acceptors (Lipinski definition) is 2. The Hall–Kier alpha value is -7.20. The minimum atomic E-state index is 0.706. The third kappa shape index (κ3) is 5.71. The number of nitrogens with zero attached hydrogens (tertiary/aromatic N) is 2. The molecular formula is C55H38N2S. The van der Waals surface area contributed by atoms with E-state index < -0.39 is 0 Å². The van der Waals surface area contributed by atoms with Gasteiger partial charge in [0, 0.05) is 65.7 Å². The van der Waals surface area contributed by atoms with Crippen molar-refractivity contribution < 1.29 is 0 Å². The van der Waals surface area contributed by atoms with E-state index in [4.69, 9.17) is 6.58 Å². The summed E-state index contributed by atoms with van der Waals surface area (Å²) in [5, 5.41) is 5.03. The Morgan fingerprint density at radius 3 is 2.00 bits per heavy atom. The van der Waals surface area contributed by atoms with E-state index in [1.54, 1.807) is 0 Å². The summed E-state index contributed by atoms with van der Waals surface area (Å²) in [7, 11) is 0. The second-order valence-corrected chi connectivity index (χ2v) is 16.0. The van der Waals surface area contributed by atoms with Gasteiger partial charge in [-0.15, -0.1) is 11.3 Å². The minimum Gasteiger partial charge on any atom is -0.337 e. The number of para-hydroxylation sites is 2. The average molecular weight is 759 g/mol. The fourth-order valence-electron chi connectivity index (χ4n) is 8.84. The highest BCUT2D eigenvalue weighted by Gasteiger charge is 2.22. The number of aromatic nitrogens is 1. The number of hydrogen-bond donors (Lipinski definition) is 0. The molecule has 0 spiro atoms. The van der Waals surface area contributed by atoms with Gasteiger partial charge in [0.05, 0.1) is 11.0 Å². The molecule has 0 saturated carbocycles. The van der Waals surface area contributed by atoms with Crippen molar-refractivity contribution in [2.75, 3.05) is 11.4 Å². The molecule has 2 aromatic heterocycles. The maximum atomic E-state index is 4.70. The molecule has 8 aromatic carbocycles. The molecule has 2 nitrogen and oxygen atoms in total. The minimum absolute atomic E-state index is 0.706. The molecule has 0 unspecified atom stereocenters. The van der Waals surface area contributed by atoms with E-state index in [0.29, 0.717) is 6.54 Å². The zero-order valence-corrected chi connectivity index (χ0v) is 32.7. The summed E-state index contributed by atoms with van der Waals surface area (Å²) in [5.41, 5.74) is 15.2. The lowest BCUT2D eigenvalue weighted by atomic mass is 9.91. The summed E-state index contributed by atoms with van der Waals surface area (Å²) in [6.07, 6.45) is 8.67. The molecule has 10 aromatic rings. The van der Waals surface area contributed by atoms with E-state index in [2.05, 4.69) is 216 Å². The van der Waals surface area contributed by atoms with Gasteiger partial charge in [-0.1, -0.05) is 158 Å². The first-order chi connectivity index (χ1) is 28.7. The van der Waals surface area contributed by atoms with E-state index in [1.165, 1.54) is 69.8 Å². The first-order valence-corrected chi connectivity index (χ1v) is 20.6. The fraction of sp³-hybridized carbons (Fsp3) is 0.0182. The maximum Gasteiger partial charge on any atom is 0.0541 e. The Bertz CT molecular complexity index is 3250. The summed E-state index contributed by atoms with van der Waals surface area (Å²) in [5.74, 6) is 0. The molecule has 1 aliphatic rings. The van der Waals surface area contributed by atoms with Crippen molar-refractivity contribution in [1.82, 2.24) is 4.57 Å². The SMILES string of the molecule is C=C1/C=C\C=C/CN(c2cc(-c3ccc(-c4ccccc4)cc3)c3sc4ccccc4c3c2)c2cccc(-c3ccc4c(c3)c3ccccc3n4-c3ccccc3)c21. The Kier molecular flexibility index (Phi) is 8.27. The van der Waals surface area contributed by atoms with Crippen molar-refractivity contribution in [2.45, 2.75) is 0 Å². The number of benzene rings is 8. The van der Waals surface area contributed by atoms with Gasteiger partial charge < -0.3 is 9.47 Å². The molecule has 0 saturated heterocycles. The van der Waals surface area contributed by atoms with Gasteiger partial charge in [0.25, 0.3) is 0 Å². The van der Waals surface area contributed by atoms with Crippen molar-refractivity contribution in [3.05, 3.63) is 218 Å². The molecule has 11 rings (SSSR count). The molecule has 1 aliphatic heterocycles. The third-order valence-electron chi connectivity index (χ3n) is 11.6. The highest BCUT2D eigenvalue weighted by molar-refractivity contribution is 7.26.